The number of imide groups is 1. The van der Waals surface area contributed by atoms with Crippen LogP contribution in [0.15, 0.2) is 12.4 Å². The highest BCUT2D eigenvalue weighted by atomic mass is 16.2. The summed E-state index contributed by atoms with van der Waals surface area (Å²) in [6, 6.07) is -0.476. The molecule has 2 aliphatic rings. The number of hydrogen-bond donors (Lipinski definition) is 2. The molecule has 0 spiro atoms. The smallest absolute Gasteiger partial charge is 0.325 e. The van der Waals surface area contributed by atoms with Gasteiger partial charge in [-0.1, -0.05) is 0 Å². The summed E-state index contributed by atoms with van der Waals surface area (Å²) in [5.74, 6) is 0.409. The van der Waals surface area contributed by atoms with Crippen LogP contribution >= 0.6 is 0 Å². The molecule has 2 aliphatic heterocycles. The van der Waals surface area contributed by atoms with Crippen molar-refractivity contribution >= 4 is 17.8 Å². The molecule has 0 radical (unpaired) electrons. The zero-order chi connectivity index (χ0) is 14.1. The Kier molecular flexibility index (Phi) is 3.13. The first-order valence-electron chi connectivity index (χ1n) is 6.50. The topological polar surface area (TPSA) is 96.3 Å². The lowest BCUT2D eigenvalue weighted by Crippen LogP contribution is -2.46. The van der Waals surface area contributed by atoms with Crippen molar-refractivity contribution in [2.45, 2.75) is 25.4 Å². The summed E-state index contributed by atoms with van der Waals surface area (Å²) in [5.41, 5.74) is 0. The minimum Gasteiger partial charge on any atom is -0.350 e. The molecule has 8 nitrogen and oxygen atoms in total. The zero-order valence-corrected chi connectivity index (χ0v) is 10.8. The number of nitrogens with one attached hydrogen (secondary N) is 2. The number of amides is 4. The first kappa shape index (κ1) is 12.6. The van der Waals surface area contributed by atoms with Crippen LogP contribution in [0.4, 0.5) is 4.79 Å². The predicted octanol–water partition coefficient (Wildman–Crippen LogP) is -1.13. The van der Waals surface area contributed by atoms with Crippen LogP contribution < -0.4 is 10.6 Å². The van der Waals surface area contributed by atoms with E-state index in [-0.39, 0.29) is 30.9 Å². The van der Waals surface area contributed by atoms with Gasteiger partial charge < -0.3 is 14.8 Å². The van der Waals surface area contributed by atoms with Crippen molar-refractivity contribution in [1.29, 1.82) is 0 Å². The van der Waals surface area contributed by atoms with Crippen LogP contribution in [0.3, 0.4) is 0 Å². The molecule has 0 unspecified atom stereocenters. The van der Waals surface area contributed by atoms with Gasteiger partial charge in [0.15, 0.2) is 0 Å². The summed E-state index contributed by atoms with van der Waals surface area (Å²) in [6.07, 6.45) is 5.29. The number of hydrogen-bond acceptors (Lipinski definition) is 4. The largest absolute Gasteiger partial charge is 0.350 e. The Morgan fingerprint density at radius 1 is 1.50 bits per heavy atom. The molecule has 3 rings (SSSR count). The van der Waals surface area contributed by atoms with E-state index in [9.17, 15) is 14.4 Å². The minimum absolute atomic E-state index is 0.0329. The summed E-state index contributed by atoms with van der Waals surface area (Å²) in [5, 5.41) is 5.03. The highest BCUT2D eigenvalue weighted by Gasteiger charge is 2.29. The maximum absolute atomic E-state index is 11.9. The van der Waals surface area contributed by atoms with Crippen LogP contribution in [0.5, 0.6) is 0 Å². The average Bonchev–Trinajstić information content (AvgIpc) is 2.96. The molecule has 0 saturated carbocycles. The van der Waals surface area contributed by atoms with Gasteiger partial charge in [-0.25, -0.2) is 9.78 Å². The van der Waals surface area contributed by atoms with E-state index in [4.69, 9.17) is 0 Å². The molecule has 3 heterocycles. The third-order valence-corrected chi connectivity index (χ3v) is 3.50. The van der Waals surface area contributed by atoms with Gasteiger partial charge in [0, 0.05) is 31.4 Å². The SMILES string of the molecule is O=C1CN(CC(=O)N[C@H]2CCc3nccn3C2)C(=O)N1. The van der Waals surface area contributed by atoms with Crippen molar-refractivity contribution in [2.24, 2.45) is 0 Å². The average molecular weight is 277 g/mol. The van der Waals surface area contributed by atoms with Crippen LogP contribution in [-0.4, -0.2) is 51.4 Å². The summed E-state index contributed by atoms with van der Waals surface area (Å²) in [7, 11) is 0. The fraction of sp³-hybridized carbons (Fsp3) is 0.500. The second-order valence-corrected chi connectivity index (χ2v) is 5.01. The molecular formula is C12H15N5O3. The number of urea groups is 1. The number of fused-ring (bicyclic) bond motifs is 1. The third kappa shape index (κ3) is 2.49. The van der Waals surface area contributed by atoms with Gasteiger partial charge in [0.1, 0.15) is 18.9 Å². The van der Waals surface area contributed by atoms with E-state index in [0.29, 0.717) is 6.54 Å². The highest BCUT2D eigenvalue weighted by molar-refractivity contribution is 6.03. The van der Waals surface area contributed by atoms with Crippen LogP contribution in [0.25, 0.3) is 0 Å². The van der Waals surface area contributed by atoms with Crippen LogP contribution in [-0.2, 0) is 22.6 Å². The Balaban J connectivity index is 1.53. The maximum Gasteiger partial charge on any atom is 0.325 e. The molecule has 4 amide bonds. The van der Waals surface area contributed by atoms with Gasteiger partial charge in [-0.15, -0.1) is 0 Å². The predicted molar refractivity (Wildman–Crippen MR) is 67.6 cm³/mol. The van der Waals surface area contributed by atoms with Crippen LogP contribution in [0, 0.1) is 0 Å². The number of carbonyl (C=O) groups excluding carboxylic acids is 3. The minimum atomic E-state index is -0.509. The molecular weight excluding hydrogens is 262 g/mol. The van der Waals surface area contributed by atoms with Crippen molar-refractivity contribution in [2.75, 3.05) is 13.1 Å². The summed E-state index contributed by atoms with van der Waals surface area (Å²) in [6.45, 7) is 0.541. The van der Waals surface area contributed by atoms with Gasteiger partial charge in [0.2, 0.25) is 11.8 Å². The Morgan fingerprint density at radius 3 is 3.10 bits per heavy atom. The number of aryl methyl sites for hydroxylation is 1. The normalized spacial score (nSPS) is 21.6. The quantitative estimate of drug-likeness (QED) is 0.683. The van der Waals surface area contributed by atoms with Crippen molar-refractivity contribution in [3.63, 3.8) is 0 Å². The lowest BCUT2D eigenvalue weighted by Gasteiger charge is -2.25. The number of carbonyl (C=O) groups is 3. The van der Waals surface area contributed by atoms with E-state index in [1.165, 1.54) is 4.90 Å². The molecule has 1 aromatic rings. The Hall–Kier alpha value is -2.38. The van der Waals surface area contributed by atoms with Crippen molar-refractivity contribution in [1.82, 2.24) is 25.1 Å². The second-order valence-electron chi connectivity index (χ2n) is 5.01. The molecule has 1 atom stereocenters. The first-order chi connectivity index (χ1) is 9.61. The molecule has 1 aromatic heterocycles. The van der Waals surface area contributed by atoms with E-state index in [2.05, 4.69) is 15.6 Å². The number of imidazole rings is 1. The molecule has 0 aliphatic carbocycles. The number of rotatable bonds is 3. The molecule has 0 bridgehead atoms. The standard InChI is InChI=1S/C12H15N5O3/c18-10(6-17-7-11(19)15-12(17)20)14-8-1-2-9-13-3-4-16(9)5-8/h3-4,8H,1-2,5-7H2,(H,14,18)(H,15,19,20)/t8-/m0/s1. The van der Waals surface area contributed by atoms with E-state index in [1.54, 1.807) is 6.20 Å². The van der Waals surface area contributed by atoms with Gasteiger partial charge in [-0.3, -0.25) is 14.9 Å². The first-order valence-corrected chi connectivity index (χ1v) is 6.50. The molecule has 0 aromatic carbocycles. The third-order valence-electron chi connectivity index (χ3n) is 3.50. The fourth-order valence-electron chi connectivity index (χ4n) is 2.54. The Bertz CT molecular complexity index is 567. The van der Waals surface area contributed by atoms with Crippen LogP contribution in [0.1, 0.15) is 12.2 Å². The van der Waals surface area contributed by atoms with Gasteiger partial charge in [0.05, 0.1) is 0 Å². The van der Waals surface area contributed by atoms with Crippen molar-refractivity contribution < 1.29 is 14.4 Å². The lowest BCUT2D eigenvalue weighted by molar-refractivity contribution is -0.122. The molecule has 1 fully saturated rings. The summed E-state index contributed by atoms with van der Waals surface area (Å²) < 4.78 is 2.01. The Labute approximate surface area is 115 Å². The van der Waals surface area contributed by atoms with E-state index >= 15 is 0 Å². The molecule has 20 heavy (non-hydrogen) atoms. The van der Waals surface area contributed by atoms with Crippen molar-refractivity contribution in [3.05, 3.63) is 18.2 Å². The van der Waals surface area contributed by atoms with Crippen LogP contribution in [0.2, 0.25) is 0 Å². The molecule has 8 heteroatoms. The molecule has 1 saturated heterocycles. The molecule has 106 valence electrons. The number of aromatic nitrogens is 2. The monoisotopic (exact) mass is 277 g/mol. The second kappa shape index (κ2) is 4.95. The maximum atomic E-state index is 11.9. The van der Waals surface area contributed by atoms with Crippen molar-refractivity contribution in [3.8, 4) is 0 Å². The van der Waals surface area contributed by atoms with E-state index < -0.39 is 6.03 Å². The van der Waals surface area contributed by atoms with Gasteiger partial charge in [-0.2, -0.15) is 0 Å². The Morgan fingerprint density at radius 2 is 2.35 bits per heavy atom. The van der Waals surface area contributed by atoms with Gasteiger partial charge in [0.25, 0.3) is 0 Å². The summed E-state index contributed by atoms with van der Waals surface area (Å²) >= 11 is 0. The van der Waals surface area contributed by atoms with Gasteiger partial charge >= 0.3 is 6.03 Å². The highest BCUT2D eigenvalue weighted by Crippen LogP contribution is 2.13. The summed E-state index contributed by atoms with van der Waals surface area (Å²) in [4.78, 5) is 39.7. The lowest BCUT2D eigenvalue weighted by atomic mass is 10.1. The zero-order valence-electron chi connectivity index (χ0n) is 10.8. The van der Waals surface area contributed by atoms with Gasteiger partial charge in [-0.05, 0) is 6.42 Å². The molecule has 2 N–H and O–H groups in total. The number of nitrogens with zero attached hydrogens (tertiary/aromatic N) is 3. The fourth-order valence-corrected chi connectivity index (χ4v) is 2.54. The van der Waals surface area contributed by atoms with E-state index in [0.717, 1.165) is 18.7 Å². The van der Waals surface area contributed by atoms with E-state index in [1.807, 2.05) is 10.8 Å².